The quantitative estimate of drug-likeness (QED) is 0.111. The van der Waals surface area contributed by atoms with E-state index in [-0.39, 0.29) is 47.5 Å². The number of carbonyl (C=O) groups excluding carboxylic acids is 3. The Hall–Kier alpha value is -6.76. The molecule has 3 amide bonds. The van der Waals surface area contributed by atoms with Crippen LogP contribution < -0.4 is 45.0 Å². The van der Waals surface area contributed by atoms with Crippen molar-refractivity contribution in [3.8, 4) is 11.5 Å². The zero-order valence-electron chi connectivity index (χ0n) is 46.2. The van der Waals surface area contributed by atoms with Gasteiger partial charge in [0.1, 0.15) is 46.2 Å². The number of fused-ring (bicyclic) bond motifs is 5. The molecular weight excluding hydrogens is 977 g/mol. The highest BCUT2D eigenvalue weighted by Gasteiger charge is 2.45. The van der Waals surface area contributed by atoms with Crippen LogP contribution >= 0.6 is 0 Å². The minimum absolute atomic E-state index is 0.0158. The fraction of sp³-hybridized carbons (Fsp3) is 0.586. The Morgan fingerprint density at radius 3 is 1.52 bits per heavy atom. The molecule has 5 aliphatic heterocycles. The normalized spacial score (nSPS) is 25.1. The lowest BCUT2D eigenvalue weighted by Gasteiger charge is -2.43. The first-order valence-electron chi connectivity index (χ1n) is 28.1. The predicted octanol–water partition coefficient (Wildman–Crippen LogP) is 8.64. The molecule has 12 rings (SSSR count). The van der Waals surface area contributed by atoms with E-state index in [1.54, 1.807) is 41.4 Å². The highest BCUT2D eigenvalue weighted by molar-refractivity contribution is 6.05. The minimum Gasteiger partial charge on any atom is -0.485 e. The van der Waals surface area contributed by atoms with Crippen LogP contribution in [0.3, 0.4) is 0 Å². The fourth-order valence-electron chi connectivity index (χ4n) is 14.0. The summed E-state index contributed by atoms with van der Waals surface area (Å²) in [6.45, 7) is 14.4. The van der Waals surface area contributed by atoms with E-state index in [0.717, 1.165) is 99.5 Å². The SMILES string of the molecule is CC[C@@H]1C(=O)N(C)c2cnc(Nc3ccc(C(=O)NC4C[C@@H]5CN(C)C[C@@H]5C4)c4c3OC(C)(C)C4)nc2N1C1CCCC1.CC[C@@H]1C(=O)N(C)c2cnc(Nc3ccc(C(=O)O)c4c3OC(C)(C)C4)nc2N1C1CCCC1. The van der Waals surface area contributed by atoms with Crippen LogP contribution in [-0.4, -0.2) is 129 Å². The molecule has 3 aliphatic carbocycles. The second kappa shape index (κ2) is 20.2. The number of nitrogens with zero attached hydrogens (tertiary/aromatic N) is 9. The second-order valence-electron chi connectivity index (χ2n) is 24.1. The maximum Gasteiger partial charge on any atom is 0.336 e. The summed E-state index contributed by atoms with van der Waals surface area (Å²) in [6, 6.07) is 7.46. The smallest absolute Gasteiger partial charge is 0.336 e. The molecule has 2 aromatic heterocycles. The zero-order valence-corrected chi connectivity index (χ0v) is 46.2. The molecule has 8 aliphatic rings. The van der Waals surface area contributed by atoms with Gasteiger partial charge in [-0.2, -0.15) is 9.97 Å². The van der Waals surface area contributed by atoms with E-state index in [1.165, 1.54) is 12.8 Å². The Morgan fingerprint density at radius 2 is 1.09 bits per heavy atom. The first kappa shape index (κ1) is 52.3. The van der Waals surface area contributed by atoms with Crippen LogP contribution in [0, 0.1) is 11.8 Å². The number of hydrogen-bond acceptors (Lipinski definition) is 15. The highest BCUT2D eigenvalue weighted by Crippen LogP contribution is 2.47. The molecule has 19 nitrogen and oxygen atoms in total. The minimum atomic E-state index is -0.973. The maximum absolute atomic E-state index is 13.6. The van der Waals surface area contributed by atoms with Gasteiger partial charge in [0, 0.05) is 74.8 Å². The van der Waals surface area contributed by atoms with Gasteiger partial charge in [-0.25, -0.2) is 14.8 Å². The third-order valence-corrected chi connectivity index (χ3v) is 17.5. The Kier molecular flexibility index (Phi) is 13.7. The van der Waals surface area contributed by atoms with E-state index in [2.05, 4.69) is 68.4 Å². The van der Waals surface area contributed by atoms with Gasteiger partial charge in [-0.15, -0.1) is 0 Å². The number of carboxylic acids is 1. The summed E-state index contributed by atoms with van der Waals surface area (Å²) in [5.74, 6) is 4.17. The lowest BCUT2D eigenvalue weighted by atomic mass is 9.96. The Labute approximate surface area is 451 Å². The van der Waals surface area contributed by atoms with Crippen molar-refractivity contribution < 1.29 is 33.8 Å². The first-order chi connectivity index (χ1) is 36.8. The topological polar surface area (TPSA) is 211 Å². The van der Waals surface area contributed by atoms with E-state index in [9.17, 15) is 24.3 Å². The molecule has 19 heteroatoms. The lowest BCUT2D eigenvalue weighted by Crippen LogP contribution is -2.55. The van der Waals surface area contributed by atoms with Crippen LogP contribution in [0.5, 0.6) is 11.5 Å². The number of benzene rings is 2. The average molecular weight is 1050 g/mol. The van der Waals surface area contributed by atoms with Gasteiger partial charge in [-0.1, -0.05) is 39.5 Å². The summed E-state index contributed by atoms with van der Waals surface area (Å²) in [6.07, 6.45) is 17.0. The second-order valence-corrected chi connectivity index (χ2v) is 24.1. The molecule has 4 N–H and O–H groups in total. The van der Waals surface area contributed by atoms with Gasteiger partial charge >= 0.3 is 5.97 Å². The van der Waals surface area contributed by atoms with Crippen molar-refractivity contribution in [2.75, 3.05) is 64.5 Å². The number of ether oxygens (including phenoxy) is 2. The third kappa shape index (κ3) is 9.74. The van der Waals surface area contributed by atoms with Gasteiger partial charge in [-0.3, -0.25) is 14.4 Å². The number of carboxylic acid groups (broad SMARTS) is 1. The van der Waals surface area contributed by atoms with E-state index < -0.39 is 17.2 Å². The number of rotatable bonds is 11. The monoisotopic (exact) mass is 1050 g/mol. The fourth-order valence-corrected chi connectivity index (χ4v) is 14.0. The first-order valence-corrected chi connectivity index (χ1v) is 28.1. The van der Waals surface area contributed by atoms with E-state index in [1.807, 2.05) is 40.0 Å². The molecule has 0 bridgehead atoms. The molecule has 1 saturated heterocycles. The summed E-state index contributed by atoms with van der Waals surface area (Å²) in [5.41, 5.74) is 4.41. The van der Waals surface area contributed by atoms with Gasteiger partial charge in [0.2, 0.25) is 23.7 Å². The molecule has 3 saturated carbocycles. The van der Waals surface area contributed by atoms with Crippen molar-refractivity contribution >= 4 is 70.0 Å². The summed E-state index contributed by atoms with van der Waals surface area (Å²) in [7, 11) is 5.78. The Balaban J connectivity index is 0.000000169. The van der Waals surface area contributed by atoms with Gasteiger partial charge in [-0.05, 0) is 122 Å². The van der Waals surface area contributed by atoms with Gasteiger partial charge < -0.3 is 55.0 Å². The molecule has 4 aromatic rings. The lowest BCUT2D eigenvalue weighted by molar-refractivity contribution is -0.120. The molecule has 0 radical (unpaired) electrons. The number of likely N-dealkylation sites (N-methyl/N-ethyl adjacent to an activating group) is 2. The van der Waals surface area contributed by atoms with Crippen molar-refractivity contribution in [2.45, 2.75) is 173 Å². The Bertz CT molecular complexity index is 2980. The number of amides is 3. The number of aromatic nitrogens is 4. The highest BCUT2D eigenvalue weighted by atomic mass is 16.5. The van der Waals surface area contributed by atoms with Crippen molar-refractivity contribution in [1.29, 1.82) is 0 Å². The molecule has 2 aromatic carbocycles. The van der Waals surface area contributed by atoms with E-state index in [0.29, 0.717) is 83.0 Å². The van der Waals surface area contributed by atoms with Crippen LogP contribution in [0.25, 0.3) is 0 Å². The van der Waals surface area contributed by atoms with Crippen LogP contribution in [-0.2, 0) is 22.4 Å². The number of aromatic carboxylic acids is 1. The maximum atomic E-state index is 13.6. The van der Waals surface area contributed by atoms with Gasteiger partial charge in [0.15, 0.2) is 11.6 Å². The summed E-state index contributed by atoms with van der Waals surface area (Å²) in [4.78, 5) is 80.9. The molecule has 0 spiro atoms. The molecule has 77 heavy (non-hydrogen) atoms. The zero-order chi connectivity index (χ0) is 54.2. The van der Waals surface area contributed by atoms with E-state index >= 15 is 0 Å². The van der Waals surface area contributed by atoms with Crippen molar-refractivity contribution in [1.82, 2.24) is 30.2 Å². The Morgan fingerprint density at radius 1 is 0.662 bits per heavy atom. The average Bonchev–Trinajstić information content (AvgIpc) is 4.29. The number of nitrogens with one attached hydrogen (secondary N) is 3. The molecule has 5 atom stereocenters. The molecule has 1 unspecified atom stereocenters. The van der Waals surface area contributed by atoms with Crippen molar-refractivity contribution in [3.05, 3.63) is 58.9 Å². The standard InChI is InChI=1S/C33H45N7O3.C25H31N5O4/c1-6-26-31(42)39(5)27-16-34-32(37-29(27)40(26)22-9-7-8-10-22)36-25-12-11-23(24-15-33(2,3)43-28(24)25)30(41)35-21-13-19-17-38(4)18-20(19)14-21;1-5-18-22(31)29(4)19-13-26-24(28-21(19)30(18)14-8-6-7-9-14)27-17-11-10-15(23(32)33)16-12-25(2,3)34-20(16)17/h11-12,16,19-22,26H,6-10,13-15,17-18H2,1-5H3,(H,35,41)(H,34,36,37);10-11,13-14,18H,5-9,12H2,1-4H3,(H,32,33)(H,26,27,28)/t19-,20+,21?,26-;18-/m11/s1. The van der Waals surface area contributed by atoms with Crippen LogP contribution in [0.4, 0.5) is 46.3 Å². The van der Waals surface area contributed by atoms with Gasteiger partial charge in [0.05, 0.1) is 29.3 Å². The molecule has 4 fully saturated rings. The van der Waals surface area contributed by atoms with Crippen molar-refractivity contribution in [2.24, 2.45) is 11.8 Å². The number of carbonyl (C=O) groups is 4. The summed E-state index contributed by atoms with van der Waals surface area (Å²) >= 11 is 0. The van der Waals surface area contributed by atoms with E-state index in [4.69, 9.17) is 19.4 Å². The largest absolute Gasteiger partial charge is 0.485 e. The summed E-state index contributed by atoms with van der Waals surface area (Å²) < 4.78 is 12.6. The summed E-state index contributed by atoms with van der Waals surface area (Å²) in [5, 5.41) is 19.7. The van der Waals surface area contributed by atoms with Crippen LogP contribution in [0.1, 0.15) is 150 Å². The van der Waals surface area contributed by atoms with Gasteiger partial charge in [0.25, 0.3) is 5.91 Å². The van der Waals surface area contributed by atoms with Crippen LogP contribution in [0.15, 0.2) is 36.7 Å². The number of anilines is 8. The molecule has 7 heterocycles. The predicted molar refractivity (Wildman–Crippen MR) is 297 cm³/mol. The van der Waals surface area contributed by atoms with Crippen molar-refractivity contribution in [3.63, 3.8) is 0 Å². The molecule has 410 valence electrons. The number of likely N-dealkylation sites (tertiary alicyclic amines) is 1. The molecular formula is C58H76N12O7. The third-order valence-electron chi connectivity index (χ3n) is 17.5. The van der Waals surface area contributed by atoms with Crippen LogP contribution in [0.2, 0.25) is 0 Å². The number of hydrogen-bond donors (Lipinski definition) is 4.